The van der Waals surface area contributed by atoms with Crippen molar-refractivity contribution in [3.05, 3.63) is 51.0 Å². The van der Waals surface area contributed by atoms with Crippen LogP contribution in [-0.2, 0) is 6.54 Å². The van der Waals surface area contributed by atoms with E-state index in [4.69, 9.17) is 0 Å². The van der Waals surface area contributed by atoms with Crippen molar-refractivity contribution in [2.45, 2.75) is 33.4 Å². The van der Waals surface area contributed by atoms with Gasteiger partial charge in [0.05, 0.1) is 18.3 Å². The van der Waals surface area contributed by atoms with Crippen LogP contribution in [0.5, 0.6) is 0 Å². The van der Waals surface area contributed by atoms with Crippen LogP contribution < -0.4 is 10.6 Å². The average molecular weight is 466 g/mol. The number of aromatic nitrogens is 1. The van der Waals surface area contributed by atoms with E-state index in [1.807, 2.05) is 13.8 Å². The lowest BCUT2D eigenvalue weighted by atomic mass is 10.1. The monoisotopic (exact) mass is 466 g/mol. The van der Waals surface area contributed by atoms with Crippen LogP contribution in [0.25, 0.3) is 0 Å². The molecule has 0 radical (unpaired) electrons. The molecule has 1 aromatic heterocycles. The molecule has 0 aliphatic heterocycles. The van der Waals surface area contributed by atoms with E-state index in [0.29, 0.717) is 18.1 Å². The molecule has 2 aromatic rings. The Bertz CT molecular complexity index is 699. The third-order valence-corrected chi connectivity index (χ3v) is 4.56. The maximum Gasteiger partial charge on any atom is 0.191 e. The van der Waals surface area contributed by atoms with Crippen molar-refractivity contribution in [3.8, 4) is 0 Å². The first kappa shape index (κ1) is 20.8. The summed E-state index contributed by atoms with van der Waals surface area (Å²) in [7, 11) is 1.64. The summed E-state index contributed by atoms with van der Waals surface area (Å²) < 4.78 is 26.8. The number of aryl methyl sites for hydroxylation is 2. The molecule has 1 aromatic carbocycles. The molecule has 1 unspecified atom stereocenters. The van der Waals surface area contributed by atoms with Crippen LogP contribution in [0.2, 0.25) is 0 Å². The number of nitrogens with one attached hydrogen (secondary N) is 2. The summed E-state index contributed by atoms with van der Waals surface area (Å²) in [5.74, 6) is -0.631. The molecule has 24 heavy (non-hydrogen) atoms. The number of rotatable bonds is 4. The molecule has 1 heterocycles. The van der Waals surface area contributed by atoms with E-state index in [-0.39, 0.29) is 30.0 Å². The minimum Gasteiger partial charge on any atom is -0.350 e. The summed E-state index contributed by atoms with van der Waals surface area (Å²) in [5, 5.41) is 7.20. The predicted octanol–water partition coefficient (Wildman–Crippen LogP) is 4.08. The molecular formula is C16H21F2IN4S. The maximum absolute atomic E-state index is 13.8. The zero-order valence-corrected chi connectivity index (χ0v) is 17.1. The Balaban J connectivity index is 0.00000288. The van der Waals surface area contributed by atoms with Gasteiger partial charge in [-0.2, -0.15) is 0 Å². The number of benzene rings is 1. The van der Waals surface area contributed by atoms with Crippen LogP contribution >= 0.6 is 35.3 Å². The standard InChI is InChI=1S/C16H20F2N4S.HI/c1-9-11(3)23-15(21-9)8-20-16(19-4)22-10(2)13-6-5-12(17)7-14(13)18;/h5-7,10H,8H2,1-4H3,(H2,19,20,22);1H. The molecule has 2 rings (SSSR count). The van der Waals surface area contributed by atoms with Crippen molar-refractivity contribution in [1.82, 2.24) is 15.6 Å². The van der Waals surface area contributed by atoms with Crippen molar-refractivity contribution in [2.24, 2.45) is 4.99 Å². The van der Waals surface area contributed by atoms with Gasteiger partial charge in [-0.3, -0.25) is 4.99 Å². The fourth-order valence-electron chi connectivity index (χ4n) is 2.10. The molecule has 8 heteroatoms. The fraction of sp³-hybridized carbons (Fsp3) is 0.375. The number of thiazole rings is 1. The Hall–Kier alpha value is -1.29. The van der Waals surface area contributed by atoms with E-state index in [2.05, 4.69) is 20.6 Å². The zero-order chi connectivity index (χ0) is 17.0. The molecule has 0 aliphatic rings. The van der Waals surface area contributed by atoms with Gasteiger partial charge in [0.25, 0.3) is 0 Å². The highest BCUT2D eigenvalue weighted by Gasteiger charge is 2.13. The van der Waals surface area contributed by atoms with Crippen molar-refractivity contribution in [2.75, 3.05) is 7.05 Å². The number of halogens is 3. The van der Waals surface area contributed by atoms with Gasteiger partial charge in [-0.1, -0.05) is 6.07 Å². The molecule has 0 saturated heterocycles. The Morgan fingerprint density at radius 3 is 2.58 bits per heavy atom. The van der Waals surface area contributed by atoms with Crippen LogP contribution in [0.1, 0.15) is 34.1 Å². The molecular weight excluding hydrogens is 445 g/mol. The summed E-state index contributed by atoms with van der Waals surface area (Å²) in [6.45, 7) is 6.34. The minimum absolute atomic E-state index is 0. The number of aliphatic imine (C=N–C) groups is 1. The molecule has 0 aliphatic carbocycles. The van der Waals surface area contributed by atoms with Crippen molar-refractivity contribution >= 4 is 41.3 Å². The summed E-state index contributed by atoms with van der Waals surface area (Å²) >= 11 is 1.63. The number of hydrogen-bond acceptors (Lipinski definition) is 3. The first-order valence-electron chi connectivity index (χ1n) is 7.25. The third-order valence-electron chi connectivity index (χ3n) is 3.49. The lowest BCUT2D eigenvalue weighted by Gasteiger charge is -2.18. The van der Waals surface area contributed by atoms with Crippen LogP contribution in [0.15, 0.2) is 23.2 Å². The van der Waals surface area contributed by atoms with Gasteiger partial charge in [-0.25, -0.2) is 13.8 Å². The molecule has 0 spiro atoms. The first-order valence-corrected chi connectivity index (χ1v) is 8.07. The van der Waals surface area contributed by atoms with Gasteiger partial charge in [0.15, 0.2) is 5.96 Å². The summed E-state index contributed by atoms with van der Waals surface area (Å²) in [4.78, 5) is 9.76. The largest absolute Gasteiger partial charge is 0.350 e. The Kier molecular flexibility index (Phi) is 8.01. The van der Waals surface area contributed by atoms with Crippen molar-refractivity contribution in [1.29, 1.82) is 0 Å². The van der Waals surface area contributed by atoms with E-state index in [0.717, 1.165) is 16.8 Å². The van der Waals surface area contributed by atoms with Gasteiger partial charge < -0.3 is 10.6 Å². The Morgan fingerprint density at radius 2 is 2.04 bits per heavy atom. The van der Waals surface area contributed by atoms with E-state index < -0.39 is 11.6 Å². The highest BCUT2D eigenvalue weighted by molar-refractivity contribution is 14.0. The van der Waals surface area contributed by atoms with E-state index >= 15 is 0 Å². The van der Waals surface area contributed by atoms with Crippen LogP contribution in [0.4, 0.5) is 8.78 Å². The summed E-state index contributed by atoms with van der Waals surface area (Å²) in [6, 6.07) is 3.21. The minimum atomic E-state index is -0.588. The number of nitrogens with zero attached hydrogens (tertiary/aromatic N) is 2. The lowest BCUT2D eigenvalue weighted by molar-refractivity contribution is 0.550. The van der Waals surface area contributed by atoms with Crippen molar-refractivity contribution in [3.63, 3.8) is 0 Å². The molecule has 0 fully saturated rings. The van der Waals surface area contributed by atoms with E-state index in [1.165, 1.54) is 17.0 Å². The normalized spacial score (nSPS) is 12.5. The van der Waals surface area contributed by atoms with Gasteiger partial charge in [0, 0.05) is 23.6 Å². The Morgan fingerprint density at radius 1 is 1.33 bits per heavy atom. The predicted molar refractivity (Wildman–Crippen MR) is 105 cm³/mol. The lowest BCUT2D eigenvalue weighted by Crippen LogP contribution is -2.38. The number of guanidine groups is 1. The number of hydrogen-bond donors (Lipinski definition) is 2. The van der Waals surface area contributed by atoms with E-state index in [1.54, 1.807) is 25.3 Å². The molecule has 2 N–H and O–H groups in total. The second-order valence-corrected chi connectivity index (χ2v) is 6.49. The van der Waals surface area contributed by atoms with Gasteiger partial charge >= 0.3 is 0 Å². The molecule has 4 nitrogen and oxygen atoms in total. The van der Waals surface area contributed by atoms with Crippen molar-refractivity contribution < 1.29 is 8.78 Å². The molecule has 0 amide bonds. The molecule has 1 atom stereocenters. The fourth-order valence-corrected chi connectivity index (χ4v) is 2.98. The van der Waals surface area contributed by atoms with Gasteiger partial charge in [0.1, 0.15) is 16.6 Å². The highest BCUT2D eigenvalue weighted by Crippen LogP contribution is 2.18. The van der Waals surface area contributed by atoms with Crippen LogP contribution in [-0.4, -0.2) is 18.0 Å². The smallest absolute Gasteiger partial charge is 0.191 e. The van der Waals surface area contributed by atoms with Gasteiger partial charge in [-0.15, -0.1) is 35.3 Å². The van der Waals surface area contributed by atoms with E-state index in [9.17, 15) is 8.78 Å². The van der Waals surface area contributed by atoms with Gasteiger partial charge in [0.2, 0.25) is 0 Å². The maximum atomic E-state index is 13.8. The second kappa shape index (κ2) is 9.26. The molecule has 132 valence electrons. The molecule has 0 saturated carbocycles. The summed E-state index contributed by atoms with van der Waals surface area (Å²) in [5.41, 5.74) is 1.41. The SMILES string of the molecule is CN=C(NCc1nc(C)c(C)s1)NC(C)c1ccc(F)cc1F.I. The summed E-state index contributed by atoms with van der Waals surface area (Å²) in [6.07, 6.45) is 0. The molecule has 0 bridgehead atoms. The zero-order valence-electron chi connectivity index (χ0n) is 14.0. The average Bonchev–Trinajstić information content (AvgIpc) is 2.81. The highest BCUT2D eigenvalue weighted by atomic mass is 127. The second-order valence-electron chi connectivity index (χ2n) is 5.21. The van der Waals surface area contributed by atoms with Crippen LogP contribution in [0, 0.1) is 25.5 Å². The van der Waals surface area contributed by atoms with Gasteiger partial charge in [-0.05, 0) is 26.8 Å². The first-order chi connectivity index (χ1) is 10.9. The Labute approximate surface area is 161 Å². The quantitative estimate of drug-likeness (QED) is 0.406. The van der Waals surface area contributed by atoms with Crippen LogP contribution in [0.3, 0.4) is 0 Å². The topological polar surface area (TPSA) is 49.3 Å². The third kappa shape index (κ3) is 5.37.